The van der Waals surface area contributed by atoms with E-state index in [0.29, 0.717) is 23.4 Å². The first-order valence-corrected chi connectivity index (χ1v) is 6.24. The second-order valence-corrected chi connectivity index (χ2v) is 5.17. The SMILES string of the molecule is CC1CC(O)CN1C(=O)c1cc(C(N)=O)cs1. The van der Waals surface area contributed by atoms with Gasteiger partial charge in [0.05, 0.1) is 16.5 Å². The summed E-state index contributed by atoms with van der Waals surface area (Å²) in [5.41, 5.74) is 5.49. The number of amides is 2. The number of nitrogens with zero attached hydrogens (tertiary/aromatic N) is 1. The number of nitrogens with two attached hydrogens (primary N) is 1. The van der Waals surface area contributed by atoms with Crippen LogP contribution in [0.5, 0.6) is 0 Å². The molecule has 0 aliphatic carbocycles. The zero-order valence-corrected chi connectivity index (χ0v) is 10.2. The number of carbonyl (C=O) groups excluding carboxylic acids is 2. The van der Waals surface area contributed by atoms with E-state index in [1.165, 1.54) is 17.4 Å². The van der Waals surface area contributed by atoms with Crippen LogP contribution in [0.3, 0.4) is 0 Å². The van der Waals surface area contributed by atoms with Crippen LogP contribution in [0.4, 0.5) is 0 Å². The third kappa shape index (κ3) is 2.32. The van der Waals surface area contributed by atoms with Gasteiger partial charge in [0.25, 0.3) is 5.91 Å². The van der Waals surface area contributed by atoms with Crippen molar-refractivity contribution >= 4 is 23.2 Å². The lowest BCUT2D eigenvalue weighted by Gasteiger charge is -2.20. The summed E-state index contributed by atoms with van der Waals surface area (Å²) in [6.07, 6.45) is 0.143. The molecule has 0 aromatic carbocycles. The Kier molecular flexibility index (Phi) is 3.17. The number of β-amino-alcohol motifs (C(OH)–C–C–N with tert-alkyl or cyclic N) is 1. The van der Waals surface area contributed by atoms with Crippen molar-refractivity contribution in [2.45, 2.75) is 25.5 Å². The average Bonchev–Trinajstić information content (AvgIpc) is 2.84. The van der Waals surface area contributed by atoms with E-state index in [1.807, 2.05) is 6.92 Å². The zero-order chi connectivity index (χ0) is 12.6. The van der Waals surface area contributed by atoms with Crippen molar-refractivity contribution in [3.63, 3.8) is 0 Å². The molecule has 1 aliphatic rings. The average molecular weight is 254 g/mol. The molecule has 2 atom stereocenters. The van der Waals surface area contributed by atoms with Gasteiger partial charge in [0, 0.05) is 18.0 Å². The smallest absolute Gasteiger partial charge is 0.264 e. The molecule has 6 heteroatoms. The van der Waals surface area contributed by atoms with Gasteiger partial charge in [0.15, 0.2) is 0 Å². The molecule has 0 saturated carbocycles. The van der Waals surface area contributed by atoms with Gasteiger partial charge in [-0.05, 0) is 19.4 Å². The first kappa shape index (κ1) is 12.1. The van der Waals surface area contributed by atoms with Gasteiger partial charge >= 0.3 is 0 Å². The molecule has 1 aromatic rings. The standard InChI is InChI=1S/C11H14N2O3S/c1-6-2-8(14)4-13(6)11(16)9-3-7(5-17-9)10(12)15/h3,5-6,8,14H,2,4H2,1H3,(H2,12,15). The topological polar surface area (TPSA) is 83.6 Å². The number of aliphatic hydroxyl groups is 1. The highest BCUT2D eigenvalue weighted by Gasteiger charge is 2.32. The number of carbonyl (C=O) groups is 2. The Morgan fingerprint density at radius 1 is 1.59 bits per heavy atom. The fourth-order valence-electron chi connectivity index (χ4n) is 2.00. The molecular weight excluding hydrogens is 240 g/mol. The minimum Gasteiger partial charge on any atom is -0.391 e. The lowest BCUT2D eigenvalue weighted by molar-refractivity contribution is 0.0731. The Morgan fingerprint density at radius 3 is 2.76 bits per heavy atom. The Hall–Kier alpha value is -1.40. The second kappa shape index (κ2) is 4.46. The number of thiophene rings is 1. The molecule has 2 rings (SSSR count). The fourth-order valence-corrected chi connectivity index (χ4v) is 2.86. The molecule has 92 valence electrons. The maximum atomic E-state index is 12.1. The number of hydrogen-bond donors (Lipinski definition) is 2. The Bertz CT molecular complexity index is 457. The molecule has 1 aromatic heterocycles. The zero-order valence-electron chi connectivity index (χ0n) is 9.42. The van der Waals surface area contributed by atoms with Gasteiger partial charge in [-0.1, -0.05) is 0 Å². The molecule has 2 amide bonds. The van der Waals surface area contributed by atoms with Gasteiger partial charge in [0.2, 0.25) is 5.91 Å². The maximum Gasteiger partial charge on any atom is 0.264 e. The third-order valence-electron chi connectivity index (χ3n) is 2.91. The predicted molar refractivity (Wildman–Crippen MR) is 64.0 cm³/mol. The van der Waals surface area contributed by atoms with Gasteiger partial charge in [-0.2, -0.15) is 0 Å². The van der Waals surface area contributed by atoms with E-state index in [4.69, 9.17) is 5.73 Å². The van der Waals surface area contributed by atoms with Gasteiger partial charge < -0.3 is 15.7 Å². The van der Waals surface area contributed by atoms with Crippen LogP contribution >= 0.6 is 11.3 Å². The second-order valence-electron chi connectivity index (χ2n) is 4.26. The summed E-state index contributed by atoms with van der Waals surface area (Å²) in [6.45, 7) is 2.25. The Morgan fingerprint density at radius 2 is 2.29 bits per heavy atom. The minimum absolute atomic E-state index is 0.0247. The van der Waals surface area contributed by atoms with Crippen molar-refractivity contribution in [3.8, 4) is 0 Å². The van der Waals surface area contributed by atoms with Crippen LogP contribution in [0, 0.1) is 0 Å². The quantitative estimate of drug-likeness (QED) is 0.803. The molecule has 2 unspecified atom stereocenters. The predicted octanol–water partition coefficient (Wildman–Crippen LogP) is 0.442. The normalized spacial score (nSPS) is 24.0. The highest BCUT2D eigenvalue weighted by atomic mass is 32.1. The van der Waals surface area contributed by atoms with Crippen LogP contribution in [0.25, 0.3) is 0 Å². The molecule has 1 aliphatic heterocycles. The first-order valence-electron chi connectivity index (χ1n) is 5.36. The molecule has 0 bridgehead atoms. The molecule has 1 saturated heterocycles. The number of hydrogen-bond acceptors (Lipinski definition) is 4. The third-order valence-corrected chi connectivity index (χ3v) is 3.83. The lowest BCUT2D eigenvalue weighted by atomic mass is 10.2. The van der Waals surface area contributed by atoms with E-state index in [-0.39, 0.29) is 11.9 Å². The van der Waals surface area contributed by atoms with E-state index in [2.05, 4.69) is 0 Å². The summed E-state index contributed by atoms with van der Waals surface area (Å²) in [5.74, 6) is -0.679. The number of likely N-dealkylation sites (tertiary alicyclic amines) is 1. The minimum atomic E-state index is -0.533. The van der Waals surface area contributed by atoms with Crippen molar-refractivity contribution in [2.75, 3.05) is 6.54 Å². The summed E-state index contributed by atoms with van der Waals surface area (Å²) in [6, 6.07) is 1.53. The summed E-state index contributed by atoms with van der Waals surface area (Å²) in [7, 11) is 0. The Balaban J connectivity index is 2.16. The monoisotopic (exact) mass is 254 g/mol. The van der Waals surface area contributed by atoms with E-state index < -0.39 is 12.0 Å². The maximum absolute atomic E-state index is 12.1. The van der Waals surface area contributed by atoms with E-state index >= 15 is 0 Å². The summed E-state index contributed by atoms with van der Waals surface area (Å²) in [5, 5.41) is 11.1. The van der Waals surface area contributed by atoms with Crippen molar-refractivity contribution in [3.05, 3.63) is 21.9 Å². The van der Waals surface area contributed by atoms with E-state index in [0.717, 1.165) is 0 Å². The van der Waals surface area contributed by atoms with Crippen LogP contribution in [-0.4, -0.2) is 40.5 Å². The molecule has 1 fully saturated rings. The van der Waals surface area contributed by atoms with E-state index in [9.17, 15) is 14.7 Å². The van der Waals surface area contributed by atoms with Crippen molar-refractivity contribution in [2.24, 2.45) is 5.73 Å². The highest BCUT2D eigenvalue weighted by Crippen LogP contribution is 2.23. The van der Waals surface area contributed by atoms with Gasteiger partial charge in [0.1, 0.15) is 0 Å². The van der Waals surface area contributed by atoms with Crippen LogP contribution in [0.2, 0.25) is 0 Å². The summed E-state index contributed by atoms with van der Waals surface area (Å²) < 4.78 is 0. The van der Waals surface area contributed by atoms with Crippen molar-refractivity contribution < 1.29 is 14.7 Å². The van der Waals surface area contributed by atoms with Gasteiger partial charge in [-0.3, -0.25) is 9.59 Å². The largest absolute Gasteiger partial charge is 0.391 e. The van der Waals surface area contributed by atoms with E-state index in [1.54, 1.807) is 10.3 Å². The first-order chi connectivity index (χ1) is 7.99. The molecule has 0 radical (unpaired) electrons. The molecule has 17 heavy (non-hydrogen) atoms. The number of primary amides is 1. The molecule has 0 spiro atoms. The molecule has 2 heterocycles. The number of aliphatic hydroxyl groups excluding tert-OH is 1. The van der Waals surface area contributed by atoms with Gasteiger partial charge in [-0.25, -0.2) is 0 Å². The van der Waals surface area contributed by atoms with Crippen LogP contribution in [0.15, 0.2) is 11.4 Å². The molecular formula is C11H14N2O3S. The van der Waals surface area contributed by atoms with Gasteiger partial charge in [-0.15, -0.1) is 11.3 Å². The van der Waals surface area contributed by atoms with Crippen LogP contribution in [0.1, 0.15) is 33.4 Å². The fraction of sp³-hybridized carbons (Fsp3) is 0.455. The highest BCUT2D eigenvalue weighted by molar-refractivity contribution is 7.12. The summed E-state index contributed by atoms with van der Waals surface area (Å²) in [4.78, 5) is 25.2. The summed E-state index contributed by atoms with van der Waals surface area (Å²) >= 11 is 1.20. The lowest BCUT2D eigenvalue weighted by Crippen LogP contribution is -2.33. The number of rotatable bonds is 2. The van der Waals surface area contributed by atoms with Crippen molar-refractivity contribution in [1.82, 2.24) is 4.90 Å². The van der Waals surface area contributed by atoms with Crippen LogP contribution in [-0.2, 0) is 0 Å². The molecule has 3 N–H and O–H groups in total. The van der Waals surface area contributed by atoms with Crippen molar-refractivity contribution in [1.29, 1.82) is 0 Å². The van der Waals surface area contributed by atoms with Crippen LogP contribution < -0.4 is 5.73 Å². The molecule has 5 nitrogen and oxygen atoms in total. The Labute approximate surface area is 103 Å².